The second-order valence-electron chi connectivity index (χ2n) is 7.10. The van der Waals surface area contributed by atoms with Crippen molar-refractivity contribution in [2.24, 2.45) is 4.99 Å². The molecular formula is C20H34N4O. The van der Waals surface area contributed by atoms with Crippen LogP contribution in [0.25, 0.3) is 0 Å². The number of hydrogen-bond acceptors (Lipinski definition) is 3. The number of aliphatic imine (C=N–C) groups is 1. The molecule has 5 heteroatoms. The Labute approximate surface area is 152 Å². The number of guanidine groups is 1. The van der Waals surface area contributed by atoms with Gasteiger partial charge in [0.2, 0.25) is 0 Å². The molecule has 0 bridgehead atoms. The first-order valence-corrected chi connectivity index (χ1v) is 9.45. The van der Waals surface area contributed by atoms with Gasteiger partial charge in [0.15, 0.2) is 5.96 Å². The van der Waals surface area contributed by atoms with Crippen molar-refractivity contribution in [1.82, 2.24) is 15.5 Å². The number of rotatable bonds is 6. The van der Waals surface area contributed by atoms with Gasteiger partial charge in [0.05, 0.1) is 13.7 Å². The molecule has 2 rings (SSSR count). The Kier molecular flexibility index (Phi) is 7.56. The Morgan fingerprint density at radius 3 is 2.60 bits per heavy atom. The molecule has 1 heterocycles. The molecule has 1 fully saturated rings. The molecule has 1 aromatic rings. The first kappa shape index (κ1) is 19.6. The van der Waals surface area contributed by atoms with Crippen molar-refractivity contribution < 1.29 is 4.74 Å². The molecule has 0 spiro atoms. The molecule has 0 aliphatic carbocycles. The monoisotopic (exact) mass is 346 g/mol. The summed E-state index contributed by atoms with van der Waals surface area (Å²) in [6.07, 6.45) is 2.34. The standard InChI is InChI=1S/C20H34N4O/c1-6-21-20(23-18-7-9-24(10-8-18)15(2)3)22-14-17-11-16(4)12-19(13-17)25-5/h11-13,15,18H,6-10,14H2,1-5H3,(H2,21,22,23). The van der Waals surface area contributed by atoms with Crippen molar-refractivity contribution >= 4 is 5.96 Å². The van der Waals surface area contributed by atoms with E-state index in [1.807, 2.05) is 6.07 Å². The summed E-state index contributed by atoms with van der Waals surface area (Å²) < 4.78 is 5.36. The van der Waals surface area contributed by atoms with Gasteiger partial charge in [-0.15, -0.1) is 0 Å². The average Bonchev–Trinajstić information content (AvgIpc) is 2.60. The minimum absolute atomic E-state index is 0.500. The molecule has 140 valence electrons. The molecule has 25 heavy (non-hydrogen) atoms. The number of likely N-dealkylation sites (tertiary alicyclic amines) is 1. The van der Waals surface area contributed by atoms with Crippen LogP contribution in [0.15, 0.2) is 23.2 Å². The number of hydrogen-bond donors (Lipinski definition) is 2. The van der Waals surface area contributed by atoms with Crippen LogP contribution in [-0.4, -0.2) is 49.7 Å². The molecule has 1 saturated heterocycles. The molecule has 0 atom stereocenters. The van der Waals surface area contributed by atoms with E-state index < -0.39 is 0 Å². The molecule has 2 N–H and O–H groups in total. The van der Waals surface area contributed by atoms with E-state index in [1.165, 1.54) is 24.0 Å². The minimum atomic E-state index is 0.500. The molecule has 0 amide bonds. The van der Waals surface area contributed by atoms with Crippen LogP contribution in [0, 0.1) is 6.92 Å². The van der Waals surface area contributed by atoms with Crippen LogP contribution in [-0.2, 0) is 6.54 Å². The fraction of sp³-hybridized carbons (Fsp3) is 0.650. The summed E-state index contributed by atoms with van der Waals surface area (Å²) in [4.78, 5) is 7.32. The number of benzene rings is 1. The van der Waals surface area contributed by atoms with Crippen molar-refractivity contribution in [1.29, 1.82) is 0 Å². The van der Waals surface area contributed by atoms with Gasteiger partial charge in [-0.1, -0.05) is 6.07 Å². The molecule has 0 radical (unpaired) electrons. The number of nitrogens with zero attached hydrogens (tertiary/aromatic N) is 2. The van der Waals surface area contributed by atoms with Gasteiger partial charge >= 0.3 is 0 Å². The summed E-state index contributed by atoms with van der Waals surface area (Å²) in [5.41, 5.74) is 2.37. The highest BCUT2D eigenvalue weighted by molar-refractivity contribution is 5.80. The van der Waals surface area contributed by atoms with Gasteiger partial charge in [-0.25, -0.2) is 4.99 Å². The topological polar surface area (TPSA) is 48.9 Å². The molecule has 1 aliphatic rings. The van der Waals surface area contributed by atoms with Gasteiger partial charge < -0.3 is 20.3 Å². The van der Waals surface area contributed by atoms with Gasteiger partial charge in [-0.3, -0.25) is 0 Å². The predicted molar refractivity (Wildman–Crippen MR) is 105 cm³/mol. The highest BCUT2D eigenvalue weighted by atomic mass is 16.5. The van der Waals surface area contributed by atoms with Crippen LogP contribution >= 0.6 is 0 Å². The summed E-state index contributed by atoms with van der Waals surface area (Å²) in [6.45, 7) is 12.6. The highest BCUT2D eigenvalue weighted by Crippen LogP contribution is 2.17. The van der Waals surface area contributed by atoms with Gasteiger partial charge in [0, 0.05) is 31.7 Å². The molecule has 0 aromatic heterocycles. The molecular weight excluding hydrogens is 312 g/mol. The summed E-state index contributed by atoms with van der Waals surface area (Å²) in [5.74, 6) is 1.80. The van der Waals surface area contributed by atoms with E-state index in [0.717, 1.165) is 31.3 Å². The lowest BCUT2D eigenvalue weighted by Crippen LogP contribution is -2.49. The van der Waals surface area contributed by atoms with Crippen LogP contribution in [0.2, 0.25) is 0 Å². The maximum atomic E-state index is 5.36. The van der Waals surface area contributed by atoms with Crippen molar-refractivity contribution in [2.45, 2.75) is 59.2 Å². The Morgan fingerprint density at radius 2 is 2.00 bits per heavy atom. The highest BCUT2D eigenvalue weighted by Gasteiger charge is 2.21. The number of methoxy groups -OCH3 is 1. The maximum Gasteiger partial charge on any atom is 0.191 e. The fourth-order valence-corrected chi connectivity index (χ4v) is 3.28. The lowest BCUT2D eigenvalue weighted by atomic mass is 10.0. The zero-order valence-electron chi connectivity index (χ0n) is 16.4. The van der Waals surface area contributed by atoms with Crippen molar-refractivity contribution in [2.75, 3.05) is 26.7 Å². The molecule has 0 saturated carbocycles. The minimum Gasteiger partial charge on any atom is -0.497 e. The average molecular weight is 347 g/mol. The van der Waals surface area contributed by atoms with E-state index in [2.05, 4.69) is 55.4 Å². The zero-order valence-corrected chi connectivity index (χ0v) is 16.4. The maximum absolute atomic E-state index is 5.36. The smallest absolute Gasteiger partial charge is 0.191 e. The van der Waals surface area contributed by atoms with Gasteiger partial charge in [0.1, 0.15) is 5.75 Å². The van der Waals surface area contributed by atoms with Gasteiger partial charge in [0.25, 0.3) is 0 Å². The normalized spacial score (nSPS) is 17.0. The third-order valence-corrected chi connectivity index (χ3v) is 4.71. The van der Waals surface area contributed by atoms with E-state index >= 15 is 0 Å². The summed E-state index contributed by atoms with van der Waals surface area (Å²) in [5, 5.41) is 6.98. The number of piperidine rings is 1. The number of ether oxygens (including phenoxy) is 1. The van der Waals surface area contributed by atoms with Gasteiger partial charge in [-0.2, -0.15) is 0 Å². The van der Waals surface area contributed by atoms with Crippen molar-refractivity contribution in [3.8, 4) is 5.75 Å². The number of aryl methyl sites for hydroxylation is 1. The van der Waals surface area contributed by atoms with Crippen molar-refractivity contribution in [3.63, 3.8) is 0 Å². The van der Waals surface area contributed by atoms with E-state index in [-0.39, 0.29) is 0 Å². The molecule has 1 aromatic carbocycles. The third kappa shape index (κ3) is 6.24. The first-order valence-electron chi connectivity index (χ1n) is 9.45. The Hall–Kier alpha value is -1.75. The Morgan fingerprint density at radius 1 is 1.28 bits per heavy atom. The Balaban J connectivity index is 1.96. The van der Waals surface area contributed by atoms with Gasteiger partial charge in [-0.05, 0) is 63.8 Å². The van der Waals surface area contributed by atoms with E-state index in [0.29, 0.717) is 18.6 Å². The molecule has 1 aliphatic heterocycles. The SMILES string of the molecule is CCNC(=NCc1cc(C)cc(OC)c1)NC1CCN(C(C)C)CC1. The predicted octanol–water partition coefficient (Wildman–Crippen LogP) is 2.93. The summed E-state index contributed by atoms with van der Waals surface area (Å²) >= 11 is 0. The van der Waals surface area contributed by atoms with Crippen LogP contribution in [0.3, 0.4) is 0 Å². The largest absolute Gasteiger partial charge is 0.497 e. The Bertz CT molecular complexity index is 563. The van der Waals surface area contributed by atoms with Crippen LogP contribution < -0.4 is 15.4 Å². The van der Waals surface area contributed by atoms with Crippen molar-refractivity contribution in [3.05, 3.63) is 29.3 Å². The summed E-state index contributed by atoms with van der Waals surface area (Å²) in [7, 11) is 1.71. The first-order chi connectivity index (χ1) is 12.0. The molecule has 5 nitrogen and oxygen atoms in total. The molecule has 0 unspecified atom stereocenters. The lowest BCUT2D eigenvalue weighted by molar-refractivity contribution is 0.167. The number of nitrogens with one attached hydrogen (secondary N) is 2. The second-order valence-corrected chi connectivity index (χ2v) is 7.10. The zero-order chi connectivity index (χ0) is 18.2. The summed E-state index contributed by atoms with van der Waals surface area (Å²) in [6, 6.07) is 7.40. The third-order valence-electron chi connectivity index (χ3n) is 4.71. The van der Waals surface area contributed by atoms with Crippen LogP contribution in [0.4, 0.5) is 0 Å². The fourth-order valence-electron chi connectivity index (χ4n) is 3.28. The second kappa shape index (κ2) is 9.66. The van der Waals surface area contributed by atoms with E-state index in [1.54, 1.807) is 7.11 Å². The lowest BCUT2D eigenvalue weighted by Gasteiger charge is -2.35. The van der Waals surface area contributed by atoms with E-state index in [9.17, 15) is 0 Å². The quantitative estimate of drug-likeness (QED) is 0.614. The van der Waals surface area contributed by atoms with E-state index in [4.69, 9.17) is 9.73 Å². The van der Waals surface area contributed by atoms with Crippen LogP contribution in [0.1, 0.15) is 44.7 Å². The van der Waals surface area contributed by atoms with Crippen LogP contribution in [0.5, 0.6) is 5.75 Å².